The molecule has 1 amide bonds. The zero-order valence-corrected chi connectivity index (χ0v) is 16.7. The van der Waals surface area contributed by atoms with Gasteiger partial charge in [-0.1, -0.05) is 30.3 Å². The molecule has 0 unspecified atom stereocenters. The summed E-state index contributed by atoms with van der Waals surface area (Å²) in [5.41, 5.74) is 3.18. The van der Waals surface area contributed by atoms with Crippen molar-refractivity contribution >= 4 is 23.5 Å². The number of amides is 1. The SMILES string of the molecule is O=C(Cc1ccc([N+](=O)[O-])cc1[N+](=O)[O-])N/N=C/c1ccc(OCc2ccccc2)cc1. The minimum Gasteiger partial charge on any atom is -0.489 e. The van der Waals surface area contributed by atoms with E-state index in [0.717, 1.165) is 17.7 Å². The van der Waals surface area contributed by atoms with Crippen LogP contribution in [-0.2, 0) is 17.8 Å². The number of rotatable bonds is 9. The van der Waals surface area contributed by atoms with E-state index < -0.39 is 27.1 Å². The van der Waals surface area contributed by atoms with Crippen molar-refractivity contribution < 1.29 is 19.4 Å². The molecular weight excluding hydrogens is 416 g/mol. The Hall–Kier alpha value is -4.60. The Balaban J connectivity index is 1.54. The van der Waals surface area contributed by atoms with E-state index in [1.54, 1.807) is 24.3 Å². The summed E-state index contributed by atoms with van der Waals surface area (Å²) in [5.74, 6) is 0.0848. The van der Waals surface area contributed by atoms with Gasteiger partial charge in [0.15, 0.2) is 0 Å². The van der Waals surface area contributed by atoms with Crippen LogP contribution in [0.4, 0.5) is 11.4 Å². The third kappa shape index (κ3) is 6.20. The van der Waals surface area contributed by atoms with Gasteiger partial charge < -0.3 is 4.74 Å². The molecule has 0 aromatic heterocycles. The van der Waals surface area contributed by atoms with E-state index in [4.69, 9.17) is 4.74 Å². The summed E-state index contributed by atoms with van der Waals surface area (Å²) in [5, 5.41) is 25.8. The second-order valence-electron chi connectivity index (χ2n) is 6.64. The number of carbonyl (C=O) groups is 1. The molecule has 0 spiro atoms. The van der Waals surface area contributed by atoms with Crippen LogP contribution in [0.25, 0.3) is 0 Å². The zero-order valence-electron chi connectivity index (χ0n) is 16.7. The lowest BCUT2D eigenvalue weighted by Crippen LogP contribution is -2.20. The van der Waals surface area contributed by atoms with Gasteiger partial charge >= 0.3 is 0 Å². The highest BCUT2D eigenvalue weighted by atomic mass is 16.6. The van der Waals surface area contributed by atoms with E-state index in [2.05, 4.69) is 10.5 Å². The minimum absolute atomic E-state index is 0.0493. The maximum atomic E-state index is 12.1. The topological polar surface area (TPSA) is 137 Å². The van der Waals surface area contributed by atoms with E-state index >= 15 is 0 Å². The molecule has 0 bridgehead atoms. The first kappa shape index (κ1) is 22.1. The number of benzene rings is 3. The van der Waals surface area contributed by atoms with Crippen LogP contribution in [0.15, 0.2) is 77.9 Å². The molecule has 0 radical (unpaired) electrons. The fourth-order valence-electron chi connectivity index (χ4n) is 2.77. The van der Waals surface area contributed by atoms with Gasteiger partial charge in [0, 0.05) is 11.6 Å². The van der Waals surface area contributed by atoms with Gasteiger partial charge in [0.05, 0.1) is 28.5 Å². The third-order valence-corrected chi connectivity index (χ3v) is 4.36. The number of nitrogens with zero attached hydrogens (tertiary/aromatic N) is 3. The molecule has 3 rings (SSSR count). The number of nitro benzene ring substituents is 2. The fraction of sp³-hybridized carbons (Fsp3) is 0.0909. The molecule has 3 aromatic carbocycles. The van der Waals surface area contributed by atoms with Crippen molar-refractivity contribution in [2.75, 3.05) is 0 Å². The Labute approximate surface area is 182 Å². The lowest BCUT2D eigenvalue weighted by atomic mass is 10.1. The molecule has 3 aromatic rings. The monoisotopic (exact) mass is 434 g/mol. The Bertz CT molecular complexity index is 1150. The summed E-state index contributed by atoms with van der Waals surface area (Å²) in [4.78, 5) is 32.5. The second-order valence-corrected chi connectivity index (χ2v) is 6.64. The maximum Gasteiger partial charge on any atom is 0.279 e. The van der Waals surface area contributed by atoms with Gasteiger partial charge in [0.2, 0.25) is 5.91 Å². The van der Waals surface area contributed by atoms with Gasteiger partial charge in [-0.05, 0) is 41.5 Å². The molecule has 0 aliphatic carbocycles. The van der Waals surface area contributed by atoms with Crippen molar-refractivity contribution in [3.63, 3.8) is 0 Å². The largest absolute Gasteiger partial charge is 0.489 e. The first-order chi connectivity index (χ1) is 15.4. The van der Waals surface area contributed by atoms with Gasteiger partial charge in [-0.15, -0.1) is 0 Å². The smallest absolute Gasteiger partial charge is 0.279 e. The summed E-state index contributed by atoms with van der Waals surface area (Å²) in [6, 6.07) is 19.9. The van der Waals surface area contributed by atoms with Crippen LogP contribution in [0.1, 0.15) is 16.7 Å². The Morgan fingerprint density at radius 1 is 0.969 bits per heavy atom. The maximum absolute atomic E-state index is 12.1. The summed E-state index contributed by atoms with van der Waals surface area (Å²) in [7, 11) is 0. The Kier molecular flexibility index (Phi) is 7.20. The van der Waals surface area contributed by atoms with Crippen LogP contribution in [-0.4, -0.2) is 22.0 Å². The first-order valence-electron chi connectivity index (χ1n) is 9.43. The van der Waals surface area contributed by atoms with E-state index in [1.807, 2.05) is 30.3 Å². The van der Waals surface area contributed by atoms with Crippen LogP contribution in [0.5, 0.6) is 5.75 Å². The van der Waals surface area contributed by atoms with Crippen molar-refractivity contribution in [1.29, 1.82) is 0 Å². The number of nitro groups is 2. The third-order valence-electron chi connectivity index (χ3n) is 4.36. The van der Waals surface area contributed by atoms with Crippen molar-refractivity contribution in [1.82, 2.24) is 5.43 Å². The molecule has 0 saturated carbocycles. The number of hydrazone groups is 1. The number of carbonyl (C=O) groups excluding carboxylic acids is 1. The average Bonchev–Trinajstić information content (AvgIpc) is 2.79. The minimum atomic E-state index is -0.764. The quantitative estimate of drug-likeness (QED) is 0.309. The predicted octanol–water partition coefficient (Wildman–Crippen LogP) is 3.77. The van der Waals surface area contributed by atoms with Crippen molar-refractivity contribution in [2.24, 2.45) is 5.10 Å². The van der Waals surface area contributed by atoms with Gasteiger partial charge in [-0.3, -0.25) is 25.0 Å². The van der Waals surface area contributed by atoms with Crippen LogP contribution < -0.4 is 10.2 Å². The summed E-state index contributed by atoms with van der Waals surface area (Å²) >= 11 is 0. The molecule has 0 fully saturated rings. The molecule has 10 nitrogen and oxygen atoms in total. The normalized spacial score (nSPS) is 10.6. The number of non-ortho nitro benzene ring substituents is 1. The highest BCUT2D eigenvalue weighted by Crippen LogP contribution is 2.25. The van der Waals surface area contributed by atoms with Gasteiger partial charge in [0.1, 0.15) is 12.4 Å². The van der Waals surface area contributed by atoms with Crippen molar-refractivity contribution in [3.8, 4) is 5.75 Å². The molecule has 0 atom stereocenters. The van der Waals surface area contributed by atoms with Crippen LogP contribution in [0, 0.1) is 20.2 Å². The van der Waals surface area contributed by atoms with E-state index in [-0.39, 0.29) is 12.0 Å². The number of hydrogen-bond donors (Lipinski definition) is 1. The van der Waals surface area contributed by atoms with Crippen LogP contribution >= 0.6 is 0 Å². The average molecular weight is 434 g/mol. The van der Waals surface area contributed by atoms with Crippen LogP contribution in [0.3, 0.4) is 0 Å². The molecule has 10 heteroatoms. The zero-order chi connectivity index (χ0) is 22.9. The highest BCUT2D eigenvalue weighted by Gasteiger charge is 2.20. The van der Waals surface area contributed by atoms with E-state index in [9.17, 15) is 25.0 Å². The lowest BCUT2D eigenvalue weighted by molar-refractivity contribution is -0.394. The van der Waals surface area contributed by atoms with Crippen molar-refractivity contribution in [3.05, 3.63) is 110 Å². The second kappa shape index (κ2) is 10.4. The highest BCUT2D eigenvalue weighted by molar-refractivity contribution is 5.84. The van der Waals surface area contributed by atoms with E-state index in [1.165, 1.54) is 12.3 Å². The predicted molar refractivity (Wildman–Crippen MR) is 116 cm³/mol. The Morgan fingerprint density at radius 3 is 2.34 bits per heavy atom. The molecule has 32 heavy (non-hydrogen) atoms. The molecule has 0 saturated heterocycles. The summed E-state index contributed by atoms with van der Waals surface area (Å²) < 4.78 is 5.70. The Morgan fingerprint density at radius 2 is 1.69 bits per heavy atom. The fourth-order valence-corrected chi connectivity index (χ4v) is 2.77. The van der Waals surface area contributed by atoms with E-state index in [0.29, 0.717) is 17.9 Å². The first-order valence-corrected chi connectivity index (χ1v) is 9.43. The van der Waals surface area contributed by atoms with Gasteiger partial charge in [-0.25, -0.2) is 5.43 Å². The summed E-state index contributed by atoms with van der Waals surface area (Å²) in [6.07, 6.45) is 1.07. The van der Waals surface area contributed by atoms with Gasteiger partial charge in [0.25, 0.3) is 11.4 Å². The van der Waals surface area contributed by atoms with Crippen LogP contribution in [0.2, 0.25) is 0 Å². The number of nitrogens with one attached hydrogen (secondary N) is 1. The standard InChI is InChI=1S/C22H18N4O6/c27-22(12-18-8-9-19(25(28)29)13-21(18)26(30)31)24-23-14-16-6-10-20(11-7-16)32-15-17-4-2-1-3-5-17/h1-11,13-14H,12,15H2,(H,24,27)/b23-14+. The molecular formula is C22H18N4O6. The molecule has 0 heterocycles. The lowest BCUT2D eigenvalue weighted by Gasteiger charge is -2.06. The molecule has 0 aliphatic rings. The molecule has 1 N–H and O–H groups in total. The number of ether oxygens (including phenoxy) is 1. The van der Waals surface area contributed by atoms with Gasteiger partial charge in [-0.2, -0.15) is 5.10 Å². The van der Waals surface area contributed by atoms with Crippen molar-refractivity contribution in [2.45, 2.75) is 13.0 Å². The molecule has 0 aliphatic heterocycles. The summed E-state index contributed by atoms with van der Waals surface area (Å²) in [6.45, 7) is 0.444. The number of hydrogen-bond acceptors (Lipinski definition) is 7. The molecule has 162 valence electrons.